The lowest BCUT2D eigenvalue weighted by Gasteiger charge is -2.37. The maximum Gasteiger partial charge on any atom is 0.251 e. The van der Waals surface area contributed by atoms with E-state index < -0.39 is 15.4 Å². The second-order valence-corrected chi connectivity index (χ2v) is 10.0. The first kappa shape index (κ1) is 20.1. The van der Waals surface area contributed by atoms with Gasteiger partial charge in [-0.25, -0.2) is 8.42 Å². The Balaban J connectivity index is 1.58. The van der Waals surface area contributed by atoms with E-state index in [1.165, 1.54) is 0 Å². The van der Waals surface area contributed by atoms with Gasteiger partial charge in [-0.3, -0.25) is 4.79 Å². The monoisotopic (exact) mass is 394 g/mol. The molecular weight excluding hydrogens is 364 g/mol. The summed E-state index contributed by atoms with van der Waals surface area (Å²) in [7, 11) is -0.963. The lowest BCUT2D eigenvalue weighted by Crippen LogP contribution is -2.49. The van der Waals surface area contributed by atoms with Gasteiger partial charge in [-0.05, 0) is 49.9 Å². The lowest BCUT2D eigenvalue weighted by molar-refractivity contribution is -0.0690. The molecule has 0 saturated carbocycles. The summed E-state index contributed by atoms with van der Waals surface area (Å²) < 4.78 is 29.5. The summed E-state index contributed by atoms with van der Waals surface area (Å²) in [6, 6.07) is 7.59. The van der Waals surface area contributed by atoms with Crippen LogP contribution < -0.4 is 10.2 Å². The fourth-order valence-electron chi connectivity index (χ4n) is 3.97. The first-order valence-corrected chi connectivity index (χ1v) is 11.6. The fourth-order valence-corrected chi connectivity index (χ4v) is 5.95. The van der Waals surface area contributed by atoms with Crippen molar-refractivity contribution in [1.82, 2.24) is 5.32 Å². The number of amides is 1. The van der Waals surface area contributed by atoms with Crippen molar-refractivity contribution >= 4 is 21.4 Å². The van der Waals surface area contributed by atoms with Gasteiger partial charge in [0.15, 0.2) is 9.84 Å². The summed E-state index contributed by atoms with van der Waals surface area (Å²) >= 11 is 0. The van der Waals surface area contributed by atoms with Crippen LogP contribution in [0, 0.1) is 0 Å². The van der Waals surface area contributed by atoms with Crippen LogP contribution in [0.2, 0.25) is 0 Å². The van der Waals surface area contributed by atoms with Gasteiger partial charge >= 0.3 is 0 Å². The summed E-state index contributed by atoms with van der Waals surface area (Å²) in [5, 5.41) is 3.07. The molecule has 0 radical (unpaired) electrons. The van der Waals surface area contributed by atoms with E-state index in [0.29, 0.717) is 31.4 Å². The standard InChI is InChI=1S/C20H30N2O4S/c1-3-4-11-22(2)18-7-5-16(6-8-18)19(23)21-17-9-12-26-20(14-17)10-13-27(24,25)15-20/h5-8,17H,3-4,9-15H2,1-2H3,(H,21,23)/t17-,20-/m0/s1. The Morgan fingerprint density at radius 1 is 1.33 bits per heavy atom. The first-order valence-electron chi connectivity index (χ1n) is 9.79. The SMILES string of the molecule is CCCCN(C)c1ccc(C(=O)N[C@H]2CCO[C@@]3(CCS(=O)(=O)C3)C2)cc1. The molecule has 1 aromatic rings. The minimum absolute atomic E-state index is 0.0496. The molecule has 7 heteroatoms. The van der Waals surface area contributed by atoms with E-state index in [9.17, 15) is 13.2 Å². The molecular formula is C20H30N2O4S. The largest absolute Gasteiger partial charge is 0.375 e. The van der Waals surface area contributed by atoms with Crippen molar-refractivity contribution in [2.24, 2.45) is 0 Å². The van der Waals surface area contributed by atoms with Gasteiger partial charge < -0.3 is 15.0 Å². The van der Waals surface area contributed by atoms with Crippen LogP contribution in [0.3, 0.4) is 0 Å². The van der Waals surface area contributed by atoms with E-state index in [1.807, 2.05) is 24.3 Å². The van der Waals surface area contributed by atoms with Gasteiger partial charge in [-0.15, -0.1) is 0 Å². The number of nitrogens with one attached hydrogen (secondary N) is 1. The van der Waals surface area contributed by atoms with Gasteiger partial charge in [0.25, 0.3) is 5.91 Å². The minimum atomic E-state index is -3.02. The van der Waals surface area contributed by atoms with Crippen LogP contribution in [0.5, 0.6) is 0 Å². The van der Waals surface area contributed by atoms with E-state index in [4.69, 9.17) is 4.74 Å². The van der Waals surface area contributed by atoms with Crippen molar-refractivity contribution in [2.75, 3.05) is 36.6 Å². The van der Waals surface area contributed by atoms with E-state index in [-0.39, 0.29) is 23.5 Å². The quantitative estimate of drug-likeness (QED) is 0.802. The van der Waals surface area contributed by atoms with Crippen molar-refractivity contribution in [3.05, 3.63) is 29.8 Å². The minimum Gasteiger partial charge on any atom is -0.375 e. The fraction of sp³-hybridized carbons (Fsp3) is 0.650. The molecule has 0 bridgehead atoms. The Labute approximate surface area is 162 Å². The third kappa shape index (κ3) is 5.02. The lowest BCUT2D eigenvalue weighted by atomic mass is 9.89. The molecule has 1 aromatic carbocycles. The van der Waals surface area contributed by atoms with Crippen molar-refractivity contribution < 1.29 is 17.9 Å². The highest BCUT2D eigenvalue weighted by molar-refractivity contribution is 7.91. The molecule has 150 valence electrons. The number of nitrogens with zero attached hydrogens (tertiary/aromatic N) is 1. The molecule has 2 aliphatic heterocycles. The molecule has 0 aromatic heterocycles. The Bertz CT molecular complexity index is 763. The number of rotatable bonds is 6. The van der Waals surface area contributed by atoms with Gasteiger partial charge in [0.05, 0.1) is 17.1 Å². The second-order valence-electron chi connectivity index (χ2n) is 7.86. The molecule has 6 nitrogen and oxygen atoms in total. The summed E-state index contributed by atoms with van der Waals surface area (Å²) in [4.78, 5) is 14.8. The van der Waals surface area contributed by atoms with Crippen molar-refractivity contribution in [3.8, 4) is 0 Å². The smallest absolute Gasteiger partial charge is 0.251 e. The summed E-state index contributed by atoms with van der Waals surface area (Å²) in [5.74, 6) is 0.145. The van der Waals surface area contributed by atoms with Gasteiger partial charge in [-0.1, -0.05) is 13.3 Å². The van der Waals surface area contributed by atoms with Crippen LogP contribution in [-0.4, -0.2) is 57.7 Å². The Morgan fingerprint density at radius 3 is 2.70 bits per heavy atom. The topological polar surface area (TPSA) is 75.7 Å². The molecule has 2 fully saturated rings. The molecule has 2 saturated heterocycles. The Hall–Kier alpha value is -1.60. The third-order valence-electron chi connectivity index (χ3n) is 5.60. The number of anilines is 1. The molecule has 1 spiro atoms. The maximum absolute atomic E-state index is 12.6. The molecule has 0 unspecified atom stereocenters. The van der Waals surface area contributed by atoms with Crippen molar-refractivity contribution in [1.29, 1.82) is 0 Å². The van der Waals surface area contributed by atoms with E-state index in [2.05, 4.69) is 24.2 Å². The zero-order valence-electron chi connectivity index (χ0n) is 16.2. The maximum atomic E-state index is 12.6. The number of carbonyl (C=O) groups is 1. The molecule has 1 N–H and O–H groups in total. The normalized spacial score (nSPS) is 26.8. The highest BCUT2D eigenvalue weighted by Gasteiger charge is 2.46. The van der Waals surface area contributed by atoms with Gasteiger partial charge in [0.2, 0.25) is 0 Å². The van der Waals surface area contributed by atoms with Crippen molar-refractivity contribution in [2.45, 2.75) is 50.7 Å². The van der Waals surface area contributed by atoms with Crippen LogP contribution in [0.25, 0.3) is 0 Å². The predicted molar refractivity (Wildman–Crippen MR) is 107 cm³/mol. The van der Waals surface area contributed by atoms with Gasteiger partial charge in [-0.2, -0.15) is 0 Å². The summed E-state index contributed by atoms with van der Waals surface area (Å²) in [6.45, 7) is 3.65. The van der Waals surface area contributed by atoms with Crippen LogP contribution in [0.1, 0.15) is 49.4 Å². The first-order chi connectivity index (χ1) is 12.8. The van der Waals surface area contributed by atoms with Gasteiger partial charge in [0, 0.05) is 37.5 Å². The van der Waals surface area contributed by atoms with E-state index in [1.54, 1.807) is 0 Å². The zero-order valence-corrected chi connectivity index (χ0v) is 17.1. The molecule has 2 atom stereocenters. The average Bonchev–Trinajstić information content (AvgIpc) is 2.93. The number of unbranched alkanes of at least 4 members (excludes halogenated alkanes) is 1. The summed E-state index contributed by atoms with van der Waals surface area (Å²) in [5.41, 5.74) is 1.12. The highest BCUT2D eigenvalue weighted by atomic mass is 32.2. The number of carbonyl (C=O) groups excluding carboxylic acids is 1. The van der Waals surface area contributed by atoms with Crippen LogP contribution in [0.4, 0.5) is 5.69 Å². The predicted octanol–water partition coefficient (Wildman–Crippen LogP) is 2.39. The molecule has 3 rings (SSSR count). The van der Waals surface area contributed by atoms with Gasteiger partial charge in [0.1, 0.15) is 0 Å². The number of hydrogen-bond donors (Lipinski definition) is 1. The highest BCUT2D eigenvalue weighted by Crippen LogP contribution is 2.35. The van der Waals surface area contributed by atoms with Crippen LogP contribution in [0.15, 0.2) is 24.3 Å². The summed E-state index contributed by atoms with van der Waals surface area (Å²) in [6.07, 6.45) is 4.10. The number of ether oxygens (including phenoxy) is 1. The van der Waals surface area contributed by atoms with Crippen LogP contribution >= 0.6 is 0 Å². The number of benzene rings is 1. The Kier molecular flexibility index (Phi) is 6.11. The molecule has 27 heavy (non-hydrogen) atoms. The molecule has 1 amide bonds. The van der Waals surface area contributed by atoms with Crippen molar-refractivity contribution in [3.63, 3.8) is 0 Å². The number of sulfone groups is 1. The second kappa shape index (κ2) is 8.19. The third-order valence-corrected chi connectivity index (χ3v) is 7.39. The van der Waals surface area contributed by atoms with E-state index >= 15 is 0 Å². The molecule has 0 aliphatic carbocycles. The van der Waals surface area contributed by atoms with E-state index in [0.717, 1.165) is 25.1 Å². The molecule has 2 aliphatic rings. The zero-order chi connectivity index (χ0) is 19.5. The Morgan fingerprint density at radius 2 is 2.07 bits per heavy atom. The average molecular weight is 395 g/mol. The molecule has 2 heterocycles. The number of hydrogen-bond acceptors (Lipinski definition) is 5. The van der Waals surface area contributed by atoms with Crippen LogP contribution in [-0.2, 0) is 14.6 Å².